The number of hydrogen-bond donors (Lipinski definition) is 1. The van der Waals surface area contributed by atoms with Gasteiger partial charge in [0.05, 0.1) is 11.6 Å². The molecule has 1 aliphatic rings. The van der Waals surface area contributed by atoms with Crippen molar-refractivity contribution in [3.05, 3.63) is 24.6 Å². The normalized spacial score (nSPS) is 20.8. The van der Waals surface area contributed by atoms with Crippen LogP contribution in [0.4, 0.5) is 5.82 Å². The first-order valence-corrected chi connectivity index (χ1v) is 5.65. The lowest BCUT2D eigenvalue weighted by molar-refractivity contribution is 0.602. The van der Waals surface area contributed by atoms with Crippen LogP contribution in [-0.2, 0) is 0 Å². The average Bonchev–Trinajstić information content (AvgIpc) is 2.97. The Kier molecular flexibility index (Phi) is 2.29. The van der Waals surface area contributed by atoms with Gasteiger partial charge in [0.15, 0.2) is 0 Å². The number of fused-ring (bicyclic) bond motifs is 1. The van der Waals surface area contributed by atoms with Crippen LogP contribution in [0.3, 0.4) is 0 Å². The minimum Gasteiger partial charge on any atom is -0.464 e. The highest BCUT2D eigenvalue weighted by Crippen LogP contribution is 2.28. The third-order valence-corrected chi connectivity index (χ3v) is 3.28. The van der Waals surface area contributed by atoms with Gasteiger partial charge in [-0.05, 0) is 31.0 Å². The van der Waals surface area contributed by atoms with Gasteiger partial charge in [-0.25, -0.2) is 4.98 Å². The van der Waals surface area contributed by atoms with Gasteiger partial charge in [-0.3, -0.25) is 0 Å². The van der Waals surface area contributed by atoms with Crippen LogP contribution >= 0.6 is 0 Å². The van der Waals surface area contributed by atoms with E-state index in [2.05, 4.69) is 9.88 Å². The Morgan fingerprint density at radius 1 is 1.50 bits per heavy atom. The molecule has 0 saturated carbocycles. The summed E-state index contributed by atoms with van der Waals surface area (Å²) in [7, 11) is 0. The van der Waals surface area contributed by atoms with E-state index in [0.29, 0.717) is 5.92 Å². The number of pyridine rings is 1. The molecule has 2 aromatic rings. The van der Waals surface area contributed by atoms with Crippen LogP contribution in [-0.4, -0.2) is 24.6 Å². The zero-order valence-electron chi connectivity index (χ0n) is 9.10. The number of anilines is 1. The summed E-state index contributed by atoms with van der Waals surface area (Å²) in [4.78, 5) is 6.76. The molecule has 2 aromatic heterocycles. The Balaban J connectivity index is 1.97. The molecule has 3 rings (SSSR count). The monoisotopic (exact) mass is 217 g/mol. The number of rotatable bonds is 2. The summed E-state index contributed by atoms with van der Waals surface area (Å²) in [6.45, 7) is 2.81. The van der Waals surface area contributed by atoms with Gasteiger partial charge in [-0.15, -0.1) is 0 Å². The minimum absolute atomic E-state index is 0.601. The van der Waals surface area contributed by atoms with Crippen molar-refractivity contribution < 1.29 is 4.42 Å². The van der Waals surface area contributed by atoms with E-state index >= 15 is 0 Å². The van der Waals surface area contributed by atoms with Crippen molar-refractivity contribution in [3.8, 4) is 0 Å². The molecule has 0 radical (unpaired) electrons. The molecule has 1 unspecified atom stereocenters. The molecule has 1 saturated heterocycles. The first-order chi connectivity index (χ1) is 7.88. The molecular formula is C12H15N3O. The van der Waals surface area contributed by atoms with Crippen LogP contribution in [0, 0.1) is 5.92 Å². The number of hydrogen-bond acceptors (Lipinski definition) is 4. The van der Waals surface area contributed by atoms with Crippen LogP contribution < -0.4 is 10.6 Å². The van der Waals surface area contributed by atoms with Gasteiger partial charge in [0, 0.05) is 19.3 Å². The van der Waals surface area contributed by atoms with E-state index in [0.717, 1.165) is 42.8 Å². The molecule has 84 valence electrons. The Hall–Kier alpha value is -1.55. The van der Waals surface area contributed by atoms with Gasteiger partial charge in [0.1, 0.15) is 11.4 Å². The van der Waals surface area contributed by atoms with Gasteiger partial charge < -0.3 is 15.1 Å². The lowest BCUT2D eigenvalue weighted by atomic mass is 10.1. The molecule has 0 amide bonds. The third kappa shape index (κ3) is 1.46. The van der Waals surface area contributed by atoms with Crippen LogP contribution in [0.15, 0.2) is 29.0 Å². The largest absolute Gasteiger partial charge is 0.464 e. The zero-order valence-corrected chi connectivity index (χ0v) is 9.10. The Morgan fingerprint density at radius 2 is 2.44 bits per heavy atom. The number of aromatic nitrogens is 1. The summed E-state index contributed by atoms with van der Waals surface area (Å²) >= 11 is 0. The number of nitrogens with two attached hydrogens (primary N) is 1. The van der Waals surface area contributed by atoms with E-state index in [4.69, 9.17) is 10.2 Å². The van der Waals surface area contributed by atoms with E-state index < -0.39 is 0 Å². The molecular weight excluding hydrogens is 202 g/mol. The summed E-state index contributed by atoms with van der Waals surface area (Å²) < 4.78 is 5.38. The summed E-state index contributed by atoms with van der Waals surface area (Å²) in [6.07, 6.45) is 4.68. The predicted molar refractivity (Wildman–Crippen MR) is 63.4 cm³/mol. The molecule has 1 atom stereocenters. The molecule has 1 aliphatic heterocycles. The summed E-state index contributed by atoms with van der Waals surface area (Å²) in [5.41, 5.74) is 6.61. The fraction of sp³-hybridized carbons (Fsp3) is 0.417. The maximum absolute atomic E-state index is 5.70. The lowest BCUT2D eigenvalue weighted by Gasteiger charge is -2.17. The van der Waals surface area contributed by atoms with Crippen molar-refractivity contribution in [3.63, 3.8) is 0 Å². The standard InChI is InChI=1S/C12H15N3O/c13-7-9-2-5-15(8-9)12-10-3-6-16-11(10)1-4-14-12/h1,3-4,6,9H,2,5,7-8,13H2. The van der Waals surface area contributed by atoms with Crippen LogP contribution in [0.1, 0.15) is 6.42 Å². The van der Waals surface area contributed by atoms with Crippen molar-refractivity contribution >= 4 is 16.8 Å². The van der Waals surface area contributed by atoms with E-state index in [1.807, 2.05) is 12.1 Å². The highest BCUT2D eigenvalue weighted by Gasteiger charge is 2.23. The maximum atomic E-state index is 5.70. The maximum Gasteiger partial charge on any atom is 0.139 e. The van der Waals surface area contributed by atoms with Gasteiger partial charge >= 0.3 is 0 Å². The highest BCUT2D eigenvalue weighted by molar-refractivity contribution is 5.88. The van der Waals surface area contributed by atoms with Gasteiger partial charge in [-0.1, -0.05) is 0 Å². The summed E-state index contributed by atoms with van der Waals surface area (Å²) in [5.74, 6) is 1.63. The molecule has 0 bridgehead atoms. The molecule has 0 spiro atoms. The van der Waals surface area contributed by atoms with Crippen molar-refractivity contribution in [2.75, 3.05) is 24.5 Å². The second-order valence-electron chi connectivity index (χ2n) is 4.30. The van der Waals surface area contributed by atoms with Gasteiger partial charge in [0.25, 0.3) is 0 Å². The number of furan rings is 1. The molecule has 3 heterocycles. The first kappa shape index (κ1) is 9.66. The zero-order chi connectivity index (χ0) is 11.0. The smallest absolute Gasteiger partial charge is 0.139 e. The van der Waals surface area contributed by atoms with Crippen LogP contribution in [0.2, 0.25) is 0 Å². The second-order valence-corrected chi connectivity index (χ2v) is 4.30. The summed E-state index contributed by atoms with van der Waals surface area (Å²) in [5, 5.41) is 1.10. The van der Waals surface area contributed by atoms with Crippen molar-refractivity contribution in [1.82, 2.24) is 4.98 Å². The highest BCUT2D eigenvalue weighted by atomic mass is 16.3. The second kappa shape index (κ2) is 3.79. The number of nitrogens with zero attached hydrogens (tertiary/aromatic N) is 2. The van der Waals surface area contributed by atoms with E-state index in [1.54, 1.807) is 12.5 Å². The van der Waals surface area contributed by atoms with Crippen molar-refractivity contribution in [2.45, 2.75) is 6.42 Å². The topological polar surface area (TPSA) is 55.3 Å². The van der Waals surface area contributed by atoms with E-state index in [9.17, 15) is 0 Å². The minimum atomic E-state index is 0.601. The predicted octanol–water partition coefficient (Wildman–Crippen LogP) is 1.61. The third-order valence-electron chi connectivity index (χ3n) is 3.28. The molecule has 16 heavy (non-hydrogen) atoms. The van der Waals surface area contributed by atoms with E-state index in [1.165, 1.54) is 0 Å². The Labute approximate surface area is 94.0 Å². The van der Waals surface area contributed by atoms with Crippen LogP contribution in [0.5, 0.6) is 0 Å². The Bertz CT molecular complexity index is 494. The molecule has 4 nitrogen and oxygen atoms in total. The Morgan fingerprint density at radius 3 is 3.25 bits per heavy atom. The summed E-state index contributed by atoms with van der Waals surface area (Å²) in [6, 6.07) is 3.88. The molecule has 4 heteroatoms. The fourth-order valence-electron chi connectivity index (χ4n) is 2.35. The quantitative estimate of drug-likeness (QED) is 0.830. The lowest BCUT2D eigenvalue weighted by Crippen LogP contribution is -2.23. The molecule has 2 N–H and O–H groups in total. The van der Waals surface area contributed by atoms with Gasteiger partial charge in [0.2, 0.25) is 0 Å². The molecule has 1 fully saturated rings. The van der Waals surface area contributed by atoms with Crippen molar-refractivity contribution in [1.29, 1.82) is 0 Å². The molecule has 0 aromatic carbocycles. The van der Waals surface area contributed by atoms with Crippen LogP contribution in [0.25, 0.3) is 11.0 Å². The molecule has 0 aliphatic carbocycles. The average molecular weight is 217 g/mol. The SMILES string of the molecule is NCC1CCN(c2nccc3occc23)C1. The first-order valence-electron chi connectivity index (χ1n) is 5.65. The van der Waals surface area contributed by atoms with Gasteiger partial charge in [-0.2, -0.15) is 0 Å². The fourth-order valence-corrected chi connectivity index (χ4v) is 2.35. The van der Waals surface area contributed by atoms with Crippen molar-refractivity contribution in [2.24, 2.45) is 11.7 Å². The van der Waals surface area contributed by atoms with E-state index in [-0.39, 0.29) is 0 Å².